The van der Waals surface area contributed by atoms with Crippen LogP contribution < -0.4 is 5.32 Å². The normalized spacial score (nSPS) is 16.4. The van der Waals surface area contributed by atoms with Crippen molar-refractivity contribution in [2.75, 3.05) is 13.7 Å². The summed E-state index contributed by atoms with van der Waals surface area (Å²) in [7, 11) is 1.55. The average molecular weight is 395 g/mol. The number of amides is 2. The average Bonchev–Trinajstić information content (AvgIpc) is 2.72. The number of nitro groups is 1. The first kappa shape index (κ1) is 20.1. The summed E-state index contributed by atoms with van der Waals surface area (Å²) in [5, 5.41) is 13.8. The summed E-state index contributed by atoms with van der Waals surface area (Å²) in [6.07, 6.45) is 0.558. The van der Waals surface area contributed by atoms with Crippen molar-refractivity contribution in [1.82, 2.24) is 10.2 Å². The molecule has 2 amide bonds. The van der Waals surface area contributed by atoms with Crippen molar-refractivity contribution < 1.29 is 19.2 Å². The highest BCUT2D eigenvalue weighted by molar-refractivity contribution is 5.95. The number of rotatable bonds is 6. The molecule has 0 unspecified atom stereocenters. The third-order valence-electron chi connectivity index (χ3n) is 4.86. The fourth-order valence-corrected chi connectivity index (χ4v) is 3.15. The minimum atomic E-state index is -0.831. The first-order valence-corrected chi connectivity index (χ1v) is 9.09. The maximum Gasteiger partial charge on any atom is 0.338 e. The molecule has 0 saturated heterocycles. The molecule has 29 heavy (non-hydrogen) atoms. The zero-order chi connectivity index (χ0) is 21.0. The van der Waals surface area contributed by atoms with Gasteiger partial charge in [0.2, 0.25) is 0 Å². The SMILES string of the molecule is CC1=C(C(=O)OCCc2ccccc2)[C@H](c2cccc([N+](=O)[O-])c2)NC(=O)N1C. The zero-order valence-electron chi connectivity index (χ0n) is 16.1. The number of ether oxygens (including phenoxy) is 1. The predicted molar refractivity (Wildman–Crippen MR) is 106 cm³/mol. The van der Waals surface area contributed by atoms with Crippen molar-refractivity contribution in [1.29, 1.82) is 0 Å². The number of hydrogen-bond acceptors (Lipinski definition) is 5. The van der Waals surface area contributed by atoms with Crippen molar-refractivity contribution in [2.45, 2.75) is 19.4 Å². The maximum absolute atomic E-state index is 12.9. The van der Waals surface area contributed by atoms with E-state index in [0.29, 0.717) is 17.7 Å². The monoisotopic (exact) mass is 395 g/mol. The Hall–Kier alpha value is -3.68. The molecule has 1 N–H and O–H groups in total. The molecule has 1 heterocycles. The Morgan fingerprint density at radius 2 is 1.93 bits per heavy atom. The van der Waals surface area contributed by atoms with Gasteiger partial charge in [-0.1, -0.05) is 42.5 Å². The highest BCUT2D eigenvalue weighted by atomic mass is 16.6. The Morgan fingerprint density at radius 3 is 2.62 bits per heavy atom. The number of urea groups is 1. The molecule has 2 aromatic carbocycles. The highest BCUT2D eigenvalue weighted by Crippen LogP contribution is 2.32. The lowest BCUT2D eigenvalue weighted by molar-refractivity contribution is -0.384. The fourth-order valence-electron chi connectivity index (χ4n) is 3.15. The van der Waals surface area contributed by atoms with Crippen molar-refractivity contribution in [3.8, 4) is 0 Å². The van der Waals surface area contributed by atoms with Gasteiger partial charge in [0.05, 0.1) is 23.1 Å². The summed E-state index contributed by atoms with van der Waals surface area (Å²) < 4.78 is 5.46. The van der Waals surface area contributed by atoms with Crippen LogP contribution in [0.3, 0.4) is 0 Å². The lowest BCUT2D eigenvalue weighted by Crippen LogP contribution is -2.46. The molecule has 150 valence electrons. The summed E-state index contributed by atoms with van der Waals surface area (Å²) in [5.41, 5.74) is 2.05. The van der Waals surface area contributed by atoms with Gasteiger partial charge >= 0.3 is 12.0 Å². The molecule has 0 radical (unpaired) electrons. The molecule has 0 fully saturated rings. The largest absolute Gasteiger partial charge is 0.462 e. The molecule has 0 aromatic heterocycles. The number of carbonyl (C=O) groups is 2. The van der Waals surface area contributed by atoms with Crippen LogP contribution in [0.2, 0.25) is 0 Å². The second kappa shape index (κ2) is 8.55. The number of nitrogens with zero attached hydrogens (tertiary/aromatic N) is 2. The Labute approximate surface area is 167 Å². The van der Waals surface area contributed by atoms with E-state index in [1.54, 1.807) is 20.0 Å². The van der Waals surface area contributed by atoms with E-state index in [2.05, 4.69) is 5.32 Å². The third kappa shape index (κ3) is 4.43. The minimum Gasteiger partial charge on any atom is -0.462 e. The molecular formula is C21H21N3O5. The standard InChI is InChI=1S/C21H21N3O5/c1-14-18(20(25)29-12-11-15-7-4-3-5-8-15)19(22-21(26)23(14)2)16-9-6-10-17(13-16)24(27)28/h3-10,13,19H,11-12H2,1-2H3,(H,22,26)/t19-/m0/s1. The number of benzene rings is 2. The molecule has 0 saturated carbocycles. The third-order valence-corrected chi connectivity index (χ3v) is 4.86. The smallest absolute Gasteiger partial charge is 0.338 e. The number of hydrogen-bond donors (Lipinski definition) is 1. The van der Waals surface area contributed by atoms with Crippen LogP contribution in [0.4, 0.5) is 10.5 Å². The van der Waals surface area contributed by atoms with Crippen molar-refractivity contribution in [3.63, 3.8) is 0 Å². The van der Waals surface area contributed by atoms with Gasteiger partial charge in [-0.2, -0.15) is 0 Å². The van der Waals surface area contributed by atoms with Crippen LogP contribution in [0.5, 0.6) is 0 Å². The van der Waals surface area contributed by atoms with E-state index in [1.165, 1.54) is 23.1 Å². The summed E-state index contributed by atoms with van der Waals surface area (Å²) >= 11 is 0. The van der Waals surface area contributed by atoms with Crippen molar-refractivity contribution in [3.05, 3.63) is 87.1 Å². The number of carbonyl (C=O) groups excluding carboxylic acids is 2. The molecule has 1 aliphatic heterocycles. The molecular weight excluding hydrogens is 374 g/mol. The van der Waals surface area contributed by atoms with Gasteiger partial charge in [-0.05, 0) is 18.1 Å². The van der Waals surface area contributed by atoms with Crippen LogP contribution in [0, 0.1) is 10.1 Å². The topological polar surface area (TPSA) is 102 Å². The van der Waals surface area contributed by atoms with Crippen LogP contribution in [0.15, 0.2) is 65.9 Å². The quantitative estimate of drug-likeness (QED) is 0.459. The molecule has 1 atom stereocenters. The first-order chi connectivity index (χ1) is 13.9. The summed E-state index contributed by atoms with van der Waals surface area (Å²) in [4.78, 5) is 37.0. The lowest BCUT2D eigenvalue weighted by Gasteiger charge is -2.33. The molecule has 0 spiro atoms. The summed E-state index contributed by atoms with van der Waals surface area (Å²) in [5.74, 6) is -0.568. The van der Waals surface area contributed by atoms with E-state index < -0.39 is 23.0 Å². The summed E-state index contributed by atoms with van der Waals surface area (Å²) in [6.45, 7) is 1.83. The fraction of sp³-hybridized carbons (Fsp3) is 0.238. The van der Waals surface area contributed by atoms with Crippen LogP contribution >= 0.6 is 0 Å². The van der Waals surface area contributed by atoms with Gasteiger partial charge in [0.1, 0.15) is 0 Å². The van der Waals surface area contributed by atoms with E-state index in [9.17, 15) is 19.7 Å². The first-order valence-electron chi connectivity index (χ1n) is 9.09. The highest BCUT2D eigenvalue weighted by Gasteiger charge is 2.35. The van der Waals surface area contributed by atoms with Gasteiger partial charge in [0, 0.05) is 31.3 Å². The second-order valence-corrected chi connectivity index (χ2v) is 6.66. The van der Waals surface area contributed by atoms with Crippen LogP contribution in [0.1, 0.15) is 24.1 Å². The van der Waals surface area contributed by atoms with Crippen LogP contribution in [-0.2, 0) is 16.0 Å². The van der Waals surface area contributed by atoms with E-state index in [0.717, 1.165) is 5.56 Å². The Morgan fingerprint density at radius 1 is 1.21 bits per heavy atom. The number of nitrogens with one attached hydrogen (secondary N) is 1. The molecule has 8 nitrogen and oxygen atoms in total. The molecule has 3 rings (SSSR count). The molecule has 2 aromatic rings. The van der Waals surface area contributed by atoms with E-state index >= 15 is 0 Å². The maximum atomic E-state index is 12.9. The van der Waals surface area contributed by atoms with Gasteiger partial charge in [-0.3, -0.25) is 10.1 Å². The van der Waals surface area contributed by atoms with Gasteiger partial charge in [-0.25, -0.2) is 9.59 Å². The Bertz CT molecular complexity index is 971. The van der Waals surface area contributed by atoms with E-state index in [-0.39, 0.29) is 17.9 Å². The zero-order valence-corrected chi connectivity index (χ0v) is 16.1. The number of non-ortho nitro benzene ring substituents is 1. The number of allylic oxidation sites excluding steroid dienone is 1. The Kier molecular flexibility index (Phi) is 5.92. The van der Waals surface area contributed by atoms with E-state index in [4.69, 9.17) is 4.74 Å². The Balaban J connectivity index is 1.85. The second-order valence-electron chi connectivity index (χ2n) is 6.66. The van der Waals surface area contributed by atoms with Crippen molar-refractivity contribution in [2.24, 2.45) is 0 Å². The lowest BCUT2D eigenvalue weighted by atomic mass is 9.94. The summed E-state index contributed by atoms with van der Waals surface area (Å²) in [6, 6.07) is 14.2. The van der Waals surface area contributed by atoms with Crippen LogP contribution in [0.25, 0.3) is 0 Å². The van der Waals surface area contributed by atoms with Gasteiger partial charge < -0.3 is 15.0 Å². The molecule has 8 heteroatoms. The number of esters is 1. The molecule has 0 aliphatic carbocycles. The number of nitro benzene ring substituents is 1. The van der Waals surface area contributed by atoms with Gasteiger partial charge in [0.15, 0.2) is 0 Å². The van der Waals surface area contributed by atoms with Gasteiger partial charge in [0.25, 0.3) is 5.69 Å². The minimum absolute atomic E-state index is 0.120. The van der Waals surface area contributed by atoms with Crippen molar-refractivity contribution >= 4 is 17.7 Å². The predicted octanol–water partition coefficient (Wildman–Crippen LogP) is 3.35. The molecule has 1 aliphatic rings. The molecule has 0 bridgehead atoms. The van der Waals surface area contributed by atoms with Gasteiger partial charge in [-0.15, -0.1) is 0 Å². The van der Waals surface area contributed by atoms with Crippen LogP contribution in [-0.4, -0.2) is 35.5 Å². The van der Waals surface area contributed by atoms with E-state index in [1.807, 2.05) is 30.3 Å².